The molecule has 0 bridgehead atoms. The first-order valence-electron chi connectivity index (χ1n) is 12.8. The lowest BCUT2D eigenvalue weighted by Crippen LogP contribution is -2.36. The van der Waals surface area contributed by atoms with Gasteiger partial charge in [0.15, 0.2) is 0 Å². The summed E-state index contributed by atoms with van der Waals surface area (Å²) in [6.45, 7) is 17.3. The summed E-state index contributed by atoms with van der Waals surface area (Å²) in [5.74, 6) is -1.48. The quantitative estimate of drug-likeness (QED) is 0.327. The number of carbonyl (C=O) groups excluding carboxylic acids is 1. The predicted molar refractivity (Wildman–Crippen MR) is 157 cm³/mol. The molecule has 38 heavy (non-hydrogen) atoms. The van der Waals surface area contributed by atoms with Gasteiger partial charge in [-0.15, -0.1) is 12.4 Å². The maximum absolute atomic E-state index is 13.4. The van der Waals surface area contributed by atoms with E-state index in [1.165, 1.54) is 6.20 Å². The van der Waals surface area contributed by atoms with Gasteiger partial charge in [0.2, 0.25) is 5.43 Å². The molecule has 7 nitrogen and oxygen atoms in total. The molecule has 0 aliphatic rings. The second-order valence-electron chi connectivity index (χ2n) is 11.5. The number of para-hydroxylation sites is 1. The van der Waals surface area contributed by atoms with E-state index in [0.717, 1.165) is 11.1 Å². The number of pyridine rings is 1. The van der Waals surface area contributed by atoms with Gasteiger partial charge in [0.1, 0.15) is 11.6 Å². The molecule has 3 aromatic rings. The van der Waals surface area contributed by atoms with E-state index in [4.69, 9.17) is 0 Å². The number of carboxylic acid groups (broad SMARTS) is 1. The predicted octanol–water partition coefficient (Wildman–Crippen LogP) is 6.26. The fourth-order valence-electron chi connectivity index (χ4n) is 4.82. The number of amides is 1. The lowest BCUT2D eigenvalue weighted by molar-refractivity contribution is -0.143. The monoisotopic (exact) mass is 541 g/mol. The second kappa shape index (κ2) is 11.7. The van der Waals surface area contributed by atoms with E-state index in [0.29, 0.717) is 35.2 Å². The number of aromatic amines is 1. The zero-order valence-corrected chi connectivity index (χ0v) is 24.4. The largest absolute Gasteiger partial charge is 0.480 e. The smallest absolute Gasteiger partial charge is 0.325 e. The molecule has 0 aliphatic heterocycles. The first-order chi connectivity index (χ1) is 17.2. The summed E-state index contributed by atoms with van der Waals surface area (Å²) in [7, 11) is 0. The molecule has 1 unspecified atom stereocenters. The fraction of sp³-hybridized carbons (Fsp3) is 0.433. The highest BCUT2D eigenvalue weighted by Gasteiger charge is 2.34. The minimum atomic E-state index is -0.944. The SMILES string of the molecule is CCN(CC)C(C(=O)O)c1cc(NC(=O)c2c[nH]c3ccccc3c2=O)c(C(C)(C)C)cc1C(C)(C)C.Cl. The number of aromatic nitrogens is 1. The Balaban J connectivity index is 0.00000507. The molecule has 0 fully saturated rings. The Morgan fingerprint density at radius 3 is 2.08 bits per heavy atom. The molecule has 3 N–H and O–H groups in total. The number of anilines is 1. The first-order valence-corrected chi connectivity index (χ1v) is 12.8. The summed E-state index contributed by atoms with van der Waals surface area (Å²) in [4.78, 5) is 44.0. The Morgan fingerprint density at radius 2 is 1.55 bits per heavy atom. The number of aliphatic carboxylic acids is 1. The number of carboxylic acids is 1. The van der Waals surface area contributed by atoms with Crippen molar-refractivity contribution < 1.29 is 14.7 Å². The highest BCUT2D eigenvalue weighted by Crippen LogP contribution is 2.40. The summed E-state index contributed by atoms with van der Waals surface area (Å²) >= 11 is 0. The molecular weight excluding hydrogens is 502 g/mol. The highest BCUT2D eigenvalue weighted by molar-refractivity contribution is 6.06. The molecule has 0 spiro atoms. The Bertz CT molecular complexity index is 1380. The lowest BCUT2D eigenvalue weighted by Gasteiger charge is -2.34. The van der Waals surface area contributed by atoms with Gasteiger partial charge in [-0.2, -0.15) is 0 Å². The molecule has 1 atom stereocenters. The highest BCUT2D eigenvalue weighted by atomic mass is 35.5. The van der Waals surface area contributed by atoms with Crippen LogP contribution in [0.2, 0.25) is 0 Å². The molecule has 1 amide bonds. The average Bonchev–Trinajstić information content (AvgIpc) is 2.80. The van der Waals surface area contributed by atoms with Crippen LogP contribution in [0.5, 0.6) is 0 Å². The van der Waals surface area contributed by atoms with Gasteiger partial charge < -0.3 is 15.4 Å². The van der Waals surface area contributed by atoms with Crippen LogP contribution < -0.4 is 10.7 Å². The van der Waals surface area contributed by atoms with Crippen molar-refractivity contribution in [1.29, 1.82) is 0 Å². The van der Waals surface area contributed by atoms with E-state index >= 15 is 0 Å². The van der Waals surface area contributed by atoms with Crippen LogP contribution in [-0.2, 0) is 15.6 Å². The summed E-state index contributed by atoms with van der Waals surface area (Å²) in [6, 6.07) is 9.99. The molecule has 3 rings (SSSR count). The molecule has 2 aromatic carbocycles. The second-order valence-corrected chi connectivity index (χ2v) is 11.5. The van der Waals surface area contributed by atoms with Crippen LogP contribution in [0.3, 0.4) is 0 Å². The number of nitrogens with zero attached hydrogens (tertiary/aromatic N) is 1. The number of H-pyrrole nitrogens is 1. The number of nitrogens with one attached hydrogen (secondary N) is 2. The van der Waals surface area contributed by atoms with Gasteiger partial charge in [0.05, 0.1) is 0 Å². The number of hydrogen-bond acceptors (Lipinski definition) is 4. The third-order valence-electron chi connectivity index (χ3n) is 6.79. The van der Waals surface area contributed by atoms with Crippen LogP contribution in [0, 0.1) is 0 Å². The van der Waals surface area contributed by atoms with Crippen molar-refractivity contribution in [3.63, 3.8) is 0 Å². The van der Waals surface area contributed by atoms with Crippen molar-refractivity contribution in [2.75, 3.05) is 18.4 Å². The Kier molecular flexibility index (Phi) is 9.57. The van der Waals surface area contributed by atoms with Crippen LogP contribution in [0.15, 0.2) is 47.4 Å². The minimum Gasteiger partial charge on any atom is -0.480 e. The third-order valence-corrected chi connectivity index (χ3v) is 6.79. The van der Waals surface area contributed by atoms with Crippen LogP contribution in [0.4, 0.5) is 5.69 Å². The molecular formula is C30H40ClN3O4. The summed E-state index contributed by atoms with van der Waals surface area (Å²) in [5, 5.41) is 13.7. The van der Waals surface area contributed by atoms with Crippen molar-refractivity contribution in [1.82, 2.24) is 9.88 Å². The van der Waals surface area contributed by atoms with E-state index in [-0.39, 0.29) is 34.2 Å². The normalized spacial score (nSPS) is 12.8. The summed E-state index contributed by atoms with van der Waals surface area (Å²) in [5.41, 5.74) is 2.53. The standard InChI is InChI=1S/C30H39N3O4.ClH/c1-9-33(10-2)25(28(36)37)19-15-24(22(30(6,7)8)16-21(19)29(3,4)5)32-27(35)20-17-31-23-14-12-11-13-18(23)26(20)34;/h11-17,25H,9-10H2,1-8H3,(H,31,34)(H,32,35)(H,36,37);1H. The van der Waals surface area contributed by atoms with Crippen LogP contribution in [0.25, 0.3) is 10.9 Å². The number of halogens is 1. The van der Waals surface area contributed by atoms with Crippen molar-refractivity contribution >= 4 is 40.9 Å². The van der Waals surface area contributed by atoms with E-state index < -0.39 is 17.9 Å². The molecule has 1 aromatic heterocycles. The first kappa shape index (κ1) is 31.1. The zero-order chi connectivity index (χ0) is 27.7. The van der Waals surface area contributed by atoms with Gasteiger partial charge in [-0.25, -0.2) is 0 Å². The molecule has 1 heterocycles. The Labute approximate surface area is 231 Å². The van der Waals surface area contributed by atoms with E-state index in [1.807, 2.05) is 51.7 Å². The molecule has 0 saturated heterocycles. The maximum atomic E-state index is 13.4. The number of benzene rings is 2. The van der Waals surface area contributed by atoms with Gasteiger partial charge in [-0.05, 0) is 58.8 Å². The minimum absolute atomic E-state index is 0. The lowest BCUT2D eigenvalue weighted by atomic mass is 9.76. The molecule has 0 saturated carbocycles. The van der Waals surface area contributed by atoms with Crippen LogP contribution in [-0.4, -0.2) is 40.0 Å². The molecule has 206 valence electrons. The number of carbonyl (C=O) groups is 2. The topological polar surface area (TPSA) is 102 Å². The van der Waals surface area contributed by atoms with Crippen LogP contribution in [0.1, 0.15) is 88.5 Å². The summed E-state index contributed by atoms with van der Waals surface area (Å²) in [6.07, 6.45) is 1.43. The van der Waals surface area contributed by atoms with E-state index in [9.17, 15) is 19.5 Å². The molecule has 0 aliphatic carbocycles. The van der Waals surface area contributed by atoms with Crippen molar-refractivity contribution in [2.24, 2.45) is 0 Å². The maximum Gasteiger partial charge on any atom is 0.325 e. The fourth-order valence-corrected chi connectivity index (χ4v) is 4.82. The van der Waals surface area contributed by atoms with Gasteiger partial charge in [-0.3, -0.25) is 19.3 Å². The Morgan fingerprint density at radius 1 is 0.974 bits per heavy atom. The van der Waals surface area contributed by atoms with Crippen molar-refractivity contribution in [3.8, 4) is 0 Å². The van der Waals surface area contributed by atoms with Gasteiger partial charge in [-0.1, -0.05) is 73.6 Å². The average molecular weight is 542 g/mol. The van der Waals surface area contributed by atoms with Crippen molar-refractivity contribution in [3.05, 3.63) is 75.1 Å². The van der Waals surface area contributed by atoms with E-state index in [2.05, 4.69) is 31.1 Å². The zero-order valence-electron chi connectivity index (χ0n) is 23.6. The Hall–Kier alpha value is -3.16. The van der Waals surface area contributed by atoms with Gasteiger partial charge >= 0.3 is 5.97 Å². The van der Waals surface area contributed by atoms with E-state index in [1.54, 1.807) is 24.3 Å². The van der Waals surface area contributed by atoms with Crippen LogP contribution >= 0.6 is 12.4 Å². The summed E-state index contributed by atoms with van der Waals surface area (Å²) < 4.78 is 0. The van der Waals surface area contributed by atoms with Crippen molar-refractivity contribution in [2.45, 2.75) is 72.3 Å². The van der Waals surface area contributed by atoms with Gasteiger partial charge in [0.25, 0.3) is 5.91 Å². The number of fused-ring (bicyclic) bond motifs is 1. The number of likely N-dealkylation sites (N-methyl/N-ethyl adjacent to an activating group) is 1. The molecule has 0 radical (unpaired) electrons. The number of rotatable bonds is 7. The third kappa shape index (κ3) is 6.27. The van der Waals surface area contributed by atoms with Gasteiger partial charge in [0, 0.05) is 22.8 Å². The molecule has 8 heteroatoms. The number of hydrogen-bond donors (Lipinski definition) is 3.